The molecule has 0 aliphatic carbocycles. The summed E-state index contributed by atoms with van der Waals surface area (Å²) in [6.07, 6.45) is 6.40. The van der Waals surface area contributed by atoms with Crippen molar-refractivity contribution in [3.63, 3.8) is 0 Å². The van der Waals surface area contributed by atoms with Crippen LogP contribution in [-0.4, -0.2) is 23.1 Å². The summed E-state index contributed by atoms with van der Waals surface area (Å²) in [4.78, 5) is 47.3. The van der Waals surface area contributed by atoms with Gasteiger partial charge in [-0.1, -0.05) is 74.9 Å². The molecule has 2 unspecified atom stereocenters. The van der Waals surface area contributed by atoms with Crippen LogP contribution in [0.25, 0.3) is 0 Å². The Kier molecular flexibility index (Phi) is 11.6. The first-order valence-electron chi connectivity index (χ1n) is 13.0. The summed E-state index contributed by atoms with van der Waals surface area (Å²) in [5.41, 5.74) is 1.45. The van der Waals surface area contributed by atoms with Crippen molar-refractivity contribution in [2.75, 3.05) is 0 Å². The van der Waals surface area contributed by atoms with Gasteiger partial charge in [0.15, 0.2) is 0 Å². The molecule has 0 aromatic heterocycles. The van der Waals surface area contributed by atoms with Gasteiger partial charge in [0.05, 0.1) is 11.1 Å². The zero-order valence-corrected chi connectivity index (χ0v) is 22.7. The van der Waals surface area contributed by atoms with Gasteiger partial charge in [-0.25, -0.2) is 9.59 Å². The molecule has 2 aromatic rings. The first-order chi connectivity index (χ1) is 17.1. The maximum Gasteiger partial charge on any atom is 0.373 e. The van der Waals surface area contributed by atoms with Gasteiger partial charge in [-0.3, -0.25) is 9.78 Å². The Morgan fingerprint density at radius 1 is 0.667 bits per heavy atom. The summed E-state index contributed by atoms with van der Waals surface area (Å²) in [5, 5.41) is 0. The van der Waals surface area contributed by atoms with E-state index in [9.17, 15) is 9.59 Å². The lowest BCUT2D eigenvalue weighted by Gasteiger charge is -2.33. The summed E-state index contributed by atoms with van der Waals surface area (Å²) in [6, 6.07) is 14.4. The molecule has 198 valence electrons. The highest BCUT2D eigenvalue weighted by atomic mass is 17.2. The molecule has 0 spiro atoms. The van der Waals surface area contributed by atoms with Crippen LogP contribution in [0.5, 0.6) is 0 Å². The Balaban J connectivity index is 2.06. The molecule has 0 bridgehead atoms. The number of aryl methyl sites for hydroxylation is 2. The fourth-order valence-electron chi connectivity index (χ4n) is 3.96. The van der Waals surface area contributed by atoms with Crippen molar-refractivity contribution in [3.05, 3.63) is 70.8 Å². The Labute approximate surface area is 216 Å². The quantitative estimate of drug-likeness (QED) is 0.184. The Hall–Kier alpha value is -2.70. The number of unbranched alkanes of at least 4 members (excludes halogenated alkanes) is 2. The van der Waals surface area contributed by atoms with E-state index in [1.165, 1.54) is 0 Å². The molecule has 2 rings (SSSR count). The van der Waals surface area contributed by atoms with E-state index in [-0.39, 0.29) is 0 Å². The van der Waals surface area contributed by atoms with Crippen LogP contribution in [0.2, 0.25) is 0 Å². The van der Waals surface area contributed by atoms with Crippen molar-refractivity contribution < 1.29 is 29.1 Å². The first kappa shape index (κ1) is 29.5. The predicted molar refractivity (Wildman–Crippen MR) is 140 cm³/mol. The highest BCUT2D eigenvalue weighted by molar-refractivity contribution is 5.89. The molecule has 0 radical (unpaired) electrons. The van der Waals surface area contributed by atoms with Crippen LogP contribution < -0.4 is 0 Å². The van der Waals surface area contributed by atoms with E-state index < -0.39 is 23.1 Å². The van der Waals surface area contributed by atoms with Crippen molar-refractivity contribution in [1.82, 2.24) is 0 Å². The molecule has 36 heavy (non-hydrogen) atoms. The van der Waals surface area contributed by atoms with Gasteiger partial charge in [0.1, 0.15) is 11.2 Å². The van der Waals surface area contributed by atoms with Crippen molar-refractivity contribution in [3.8, 4) is 0 Å². The standard InChI is InChI=1S/C30H42O6/c1-7-9-17-29(5,35-33-27(31)25-15-11-13-23(3)21-25)19-20-30(6,18-10-8-2)36-34-28(32)26-16-12-14-24(4)22-26/h11-16,21-22H,7-10,17-20H2,1-6H3. The molecule has 0 saturated carbocycles. The highest BCUT2D eigenvalue weighted by Gasteiger charge is 2.35. The van der Waals surface area contributed by atoms with Crippen LogP contribution in [0, 0.1) is 13.8 Å². The van der Waals surface area contributed by atoms with Gasteiger partial charge in [0.2, 0.25) is 0 Å². The zero-order valence-electron chi connectivity index (χ0n) is 22.7. The number of benzene rings is 2. The summed E-state index contributed by atoms with van der Waals surface area (Å²) in [5.74, 6) is -1.03. The minimum Gasteiger partial charge on any atom is -0.292 e. The molecule has 0 heterocycles. The highest BCUT2D eigenvalue weighted by Crippen LogP contribution is 2.33. The van der Waals surface area contributed by atoms with Gasteiger partial charge in [-0.05, 0) is 77.6 Å². The maximum atomic E-state index is 12.6. The topological polar surface area (TPSA) is 71.1 Å². The second-order valence-corrected chi connectivity index (χ2v) is 10.3. The van der Waals surface area contributed by atoms with Crippen LogP contribution in [0.1, 0.15) is 111 Å². The molecule has 0 aliphatic rings. The monoisotopic (exact) mass is 498 g/mol. The molecule has 6 nitrogen and oxygen atoms in total. The summed E-state index contributed by atoms with van der Waals surface area (Å²) < 4.78 is 0. The lowest BCUT2D eigenvalue weighted by molar-refractivity contribution is -0.333. The number of carbonyl (C=O) groups excluding carboxylic acids is 2. The van der Waals surface area contributed by atoms with Gasteiger partial charge in [0, 0.05) is 0 Å². The maximum absolute atomic E-state index is 12.6. The molecule has 0 aliphatic heterocycles. The summed E-state index contributed by atoms with van der Waals surface area (Å²) in [6.45, 7) is 12.0. The fourth-order valence-corrected chi connectivity index (χ4v) is 3.96. The number of carbonyl (C=O) groups is 2. The van der Waals surface area contributed by atoms with Crippen LogP contribution in [0.3, 0.4) is 0 Å². The van der Waals surface area contributed by atoms with Crippen molar-refractivity contribution in [1.29, 1.82) is 0 Å². The second kappa shape index (κ2) is 14.1. The average molecular weight is 499 g/mol. The van der Waals surface area contributed by atoms with Crippen LogP contribution in [0.15, 0.2) is 48.5 Å². The van der Waals surface area contributed by atoms with Crippen molar-refractivity contribution >= 4 is 11.9 Å². The molecule has 0 saturated heterocycles. The molecular weight excluding hydrogens is 456 g/mol. The molecule has 2 aromatic carbocycles. The third kappa shape index (κ3) is 9.75. The Morgan fingerprint density at radius 2 is 1.06 bits per heavy atom. The van der Waals surface area contributed by atoms with E-state index in [4.69, 9.17) is 19.6 Å². The lowest BCUT2D eigenvalue weighted by Crippen LogP contribution is -2.36. The van der Waals surface area contributed by atoms with Gasteiger partial charge < -0.3 is 0 Å². The van der Waals surface area contributed by atoms with E-state index in [0.717, 1.165) is 49.7 Å². The number of hydrogen-bond acceptors (Lipinski definition) is 6. The average Bonchev–Trinajstić information content (AvgIpc) is 2.87. The summed E-state index contributed by atoms with van der Waals surface area (Å²) in [7, 11) is 0. The molecule has 0 amide bonds. The minimum atomic E-state index is -0.702. The number of hydrogen-bond donors (Lipinski definition) is 0. The first-order valence-corrected chi connectivity index (χ1v) is 13.0. The smallest absolute Gasteiger partial charge is 0.292 e. The Bertz CT molecular complexity index is 907. The van der Waals surface area contributed by atoms with Crippen LogP contribution in [0.4, 0.5) is 0 Å². The molecule has 6 heteroatoms. The van der Waals surface area contributed by atoms with Crippen LogP contribution in [-0.2, 0) is 19.6 Å². The normalized spacial score (nSPS) is 14.5. The third-order valence-electron chi connectivity index (χ3n) is 6.45. The molecule has 0 fully saturated rings. The van der Waals surface area contributed by atoms with Gasteiger partial charge in [-0.15, -0.1) is 0 Å². The molecule has 2 atom stereocenters. The molecule has 0 N–H and O–H groups in total. The van der Waals surface area contributed by atoms with Gasteiger partial charge >= 0.3 is 11.9 Å². The van der Waals surface area contributed by atoms with E-state index in [2.05, 4.69) is 13.8 Å². The second-order valence-electron chi connectivity index (χ2n) is 10.3. The zero-order chi connectivity index (χ0) is 26.6. The van der Waals surface area contributed by atoms with Gasteiger partial charge in [0.25, 0.3) is 0 Å². The number of rotatable bonds is 15. The largest absolute Gasteiger partial charge is 0.373 e. The van der Waals surface area contributed by atoms with Crippen molar-refractivity contribution in [2.24, 2.45) is 0 Å². The van der Waals surface area contributed by atoms with E-state index >= 15 is 0 Å². The summed E-state index contributed by atoms with van der Waals surface area (Å²) >= 11 is 0. The SMILES string of the molecule is CCCCC(C)(CCC(C)(CCCC)OOC(=O)c1cccc(C)c1)OOC(=O)c1cccc(C)c1. The van der Waals surface area contributed by atoms with E-state index in [1.807, 2.05) is 52.0 Å². The third-order valence-corrected chi connectivity index (χ3v) is 6.45. The Morgan fingerprint density at radius 3 is 1.39 bits per heavy atom. The van der Waals surface area contributed by atoms with E-state index in [0.29, 0.717) is 24.0 Å². The van der Waals surface area contributed by atoms with Gasteiger partial charge in [-0.2, -0.15) is 9.78 Å². The van der Waals surface area contributed by atoms with E-state index in [1.54, 1.807) is 24.3 Å². The fraction of sp³-hybridized carbons (Fsp3) is 0.533. The van der Waals surface area contributed by atoms with Crippen LogP contribution >= 0.6 is 0 Å². The molecular formula is C30H42O6. The lowest BCUT2D eigenvalue weighted by atomic mass is 9.86. The van der Waals surface area contributed by atoms with Crippen molar-refractivity contribution in [2.45, 2.75) is 104 Å². The minimum absolute atomic E-state index is 0.451. The predicted octanol–water partition coefficient (Wildman–Crippen LogP) is 7.86.